The number of hydrogen-bond acceptors (Lipinski definition) is 3. The molecule has 0 spiro atoms. The molecular formula is C20H23BrN2O3S. The van der Waals surface area contributed by atoms with Gasteiger partial charge in [0.1, 0.15) is 0 Å². The summed E-state index contributed by atoms with van der Waals surface area (Å²) in [4.78, 5) is 12.8. The number of aryl methyl sites for hydroxylation is 1. The first-order chi connectivity index (χ1) is 12.9. The molecule has 0 radical (unpaired) electrons. The van der Waals surface area contributed by atoms with Gasteiger partial charge in [0.05, 0.1) is 4.90 Å². The number of hydrogen-bond donors (Lipinski definition) is 1. The molecule has 1 amide bonds. The molecule has 3 rings (SSSR count). The standard InChI is InChI=1S/C20H23BrN2O3S/c1-15-8-9-17(20(24)22-14-16-6-5-7-18(21)12-16)13-19(15)27(25,26)23-10-3-2-4-11-23/h5-9,12-13H,2-4,10-11,14H2,1H3,(H,22,24). The number of sulfonamides is 1. The largest absolute Gasteiger partial charge is 0.348 e. The van der Waals surface area contributed by atoms with Crippen LogP contribution in [-0.2, 0) is 16.6 Å². The van der Waals surface area contributed by atoms with Crippen LogP contribution < -0.4 is 5.32 Å². The fraction of sp³-hybridized carbons (Fsp3) is 0.350. The van der Waals surface area contributed by atoms with E-state index in [1.807, 2.05) is 24.3 Å². The summed E-state index contributed by atoms with van der Waals surface area (Å²) in [5, 5.41) is 2.85. The average molecular weight is 451 g/mol. The molecule has 2 aromatic carbocycles. The fourth-order valence-corrected chi connectivity index (χ4v) is 5.41. The van der Waals surface area contributed by atoms with Gasteiger partial charge in [-0.3, -0.25) is 4.79 Å². The van der Waals surface area contributed by atoms with Crippen LogP contribution in [0.4, 0.5) is 0 Å². The molecule has 7 heteroatoms. The third-order valence-corrected chi connectivity index (χ3v) is 7.26. The van der Waals surface area contributed by atoms with Crippen molar-refractivity contribution in [1.82, 2.24) is 9.62 Å². The van der Waals surface area contributed by atoms with Crippen molar-refractivity contribution < 1.29 is 13.2 Å². The third-order valence-electron chi connectivity index (χ3n) is 4.73. The maximum absolute atomic E-state index is 13.0. The molecule has 0 bridgehead atoms. The van der Waals surface area contributed by atoms with Gasteiger partial charge in [0, 0.05) is 29.7 Å². The molecule has 27 heavy (non-hydrogen) atoms. The molecule has 5 nitrogen and oxygen atoms in total. The molecule has 1 aliphatic rings. The summed E-state index contributed by atoms with van der Waals surface area (Å²) in [7, 11) is -3.57. The quantitative estimate of drug-likeness (QED) is 0.751. The lowest BCUT2D eigenvalue weighted by atomic mass is 10.1. The molecule has 0 aromatic heterocycles. The van der Waals surface area contributed by atoms with Crippen molar-refractivity contribution in [2.24, 2.45) is 0 Å². The number of carbonyl (C=O) groups excluding carboxylic acids is 1. The normalized spacial score (nSPS) is 15.5. The molecule has 1 aliphatic heterocycles. The molecule has 1 saturated heterocycles. The van der Waals surface area contributed by atoms with Gasteiger partial charge in [-0.25, -0.2) is 8.42 Å². The van der Waals surface area contributed by atoms with Gasteiger partial charge < -0.3 is 5.32 Å². The number of nitrogens with one attached hydrogen (secondary N) is 1. The first kappa shape index (κ1) is 20.0. The molecule has 1 N–H and O–H groups in total. The van der Waals surface area contributed by atoms with Crippen molar-refractivity contribution in [2.75, 3.05) is 13.1 Å². The summed E-state index contributed by atoms with van der Waals surface area (Å²) in [5.41, 5.74) is 1.97. The molecule has 1 heterocycles. The van der Waals surface area contributed by atoms with Gasteiger partial charge in [-0.05, 0) is 55.2 Å². The highest BCUT2D eigenvalue weighted by Crippen LogP contribution is 2.24. The summed E-state index contributed by atoms with van der Waals surface area (Å²) >= 11 is 3.41. The van der Waals surface area contributed by atoms with Crippen LogP contribution in [0.1, 0.15) is 40.7 Å². The Hall–Kier alpha value is -1.70. The Balaban J connectivity index is 1.79. The number of rotatable bonds is 5. The second-order valence-electron chi connectivity index (χ2n) is 6.76. The lowest BCUT2D eigenvalue weighted by Crippen LogP contribution is -2.36. The highest BCUT2D eigenvalue weighted by molar-refractivity contribution is 9.10. The summed E-state index contributed by atoms with van der Waals surface area (Å²) in [5.74, 6) is -0.287. The van der Waals surface area contributed by atoms with E-state index < -0.39 is 10.0 Å². The van der Waals surface area contributed by atoms with E-state index in [0.717, 1.165) is 29.3 Å². The molecule has 0 unspecified atom stereocenters. The van der Waals surface area contributed by atoms with E-state index in [4.69, 9.17) is 0 Å². The Morgan fingerprint density at radius 3 is 2.56 bits per heavy atom. The highest BCUT2D eigenvalue weighted by Gasteiger charge is 2.28. The Morgan fingerprint density at radius 2 is 1.85 bits per heavy atom. The van der Waals surface area contributed by atoms with E-state index in [2.05, 4.69) is 21.2 Å². The van der Waals surface area contributed by atoms with E-state index in [0.29, 0.717) is 30.8 Å². The second-order valence-corrected chi connectivity index (χ2v) is 9.58. The van der Waals surface area contributed by atoms with E-state index in [9.17, 15) is 13.2 Å². The molecular weight excluding hydrogens is 428 g/mol. The number of piperidine rings is 1. The average Bonchev–Trinajstić information content (AvgIpc) is 2.67. The number of carbonyl (C=O) groups is 1. The maximum atomic E-state index is 13.0. The SMILES string of the molecule is Cc1ccc(C(=O)NCc2cccc(Br)c2)cc1S(=O)(=O)N1CCCCC1. The van der Waals surface area contributed by atoms with Crippen molar-refractivity contribution in [2.45, 2.75) is 37.6 Å². The van der Waals surface area contributed by atoms with Crippen molar-refractivity contribution in [1.29, 1.82) is 0 Å². The molecule has 0 atom stereocenters. The van der Waals surface area contributed by atoms with E-state index in [1.165, 1.54) is 10.4 Å². The molecule has 144 valence electrons. The minimum atomic E-state index is -3.57. The van der Waals surface area contributed by atoms with Crippen LogP contribution in [0.5, 0.6) is 0 Å². The maximum Gasteiger partial charge on any atom is 0.251 e. The summed E-state index contributed by atoms with van der Waals surface area (Å²) in [6.45, 7) is 3.22. The lowest BCUT2D eigenvalue weighted by molar-refractivity contribution is 0.0950. The van der Waals surface area contributed by atoms with E-state index in [1.54, 1.807) is 19.1 Å². The number of halogens is 1. The van der Waals surface area contributed by atoms with Crippen LogP contribution in [0, 0.1) is 6.92 Å². The summed E-state index contributed by atoms with van der Waals surface area (Å²) in [6.07, 6.45) is 2.82. The number of nitrogens with zero attached hydrogens (tertiary/aromatic N) is 1. The molecule has 2 aromatic rings. The van der Waals surface area contributed by atoms with Crippen molar-refractivity contribution in [3.8, 4) is 0 Å². The number of benzene rings is 2. The Bertz CT molecular complexity index is 938. The Morgan fingerprint density at radius 1 is 1.11 bits per heavy atom. The highest BCUT2D eigenvalue weighted by atomic mass is 79.9. The van der Waals surface area contributed by atoms with Crippen LogP contribution >= 0.6 is 15.9 Å². The van der Waals surface area contributed by atoms with Gasteiger partial charge >= 0.3 is 0 Å². The summed E-state index contributed by atoms with van der Waals surface area (Å²) in [6, 6.07) is 12.5. The Labute approximate surface area is 169 Å². The smallest absolute Gasteiger partial charge is 0.251 e. The van der Waals surface area contributed by atoms with Gasteiger partial charge in [0.25, 0.3) is 5.91 Å². The zero-order chi connectivity index (χ0) is 19.4. The predicted octanol–water partition coefficient (Wildman–Crippen LogP) is 3.86. The van der Waals surface area contributed by atoms with Gasteiger partial charge in [-0.1, -0.05) is 40.5 Å². The van der Waals surface area contributed by atoms with Crippen molar-refractivity contribution in [3.05, 3.63) is 63.6 Å². The van der Waals surface area contributed by atoms with Crippen molar-refractivity contribution in [3.63, 3.8) is 0 Å². The van der Waals surface area contributed by atoms with E-state index in [-0.39, 0.29) is 10.8 Å². The monoisotopic (exact) mass is 450 g/mol. The van der Waals surface area contributed by atoms with Gasteiger partial charge in [0.15, 0.2) is 0 Å². The lowest BCUT2D eigenvalue weighted by Gasteiger charge is -2.26. The second kappa shape index (κ2) is 8.54. The topological polar surface area (TPSA) is 66.5 Å². The zero-order valence-electron chi connectivity index (χ0n) is 15.2. The van der Waals surface area contributed by atoms with E-state index >= 15 is 0 Å². The van der Waals surface area contributed by atoms with Crippen molar-refractivity contribution >= 4 is 31.9 Å². The number of amides is 1. The molecule has 1 fully saturated rings. The predicted molar refractivity (Wildman–Crippen MR) is 109 cm³/mol. The van der Waals surface area contributed by atoms with Crippen LogP contribution in [0.3, 0.4) is 0 Å². The van der Waals surface area contributed by atoms with Gasteiger partial charge in [0.2, 0.25) is 10.0 Å². The minimum Gasteiger partial charge on any atom is -0.348 e. The van der Waals surface area contributed by atoms with Crippen LogP contribution in [-0.4, -0.2) is 31.7 Å². The van der Waals surface area contributed by atoms with Gasteiger partial charge in [-0.15, -0.1) is 0 Å². The first-order valence-corrected chi connectivity index (χ1v) is 11.2. The van der Waals surface area contributed by atoms with Crippen LogP contribution in [0.15, 0.2) is 51.8 Å². The van der Waals surface area contributed by atoms with Crippen LogP contribution in [0.25, 0.3) is 0 Å². The third kappa shape index (κ3) is 4.78. The Kier molecular flexibility index (Phi) is 6.34. The first-order valence-electron chi connectivity index (χ1n) is 9.01. The minimum absolute atomic E-state index is 0.222. The molecule has 0 saturated carbocycles. The zero-order valence-corrected chi connectivity index (χ0v) is 17.6. The van der Waals surface area contributed by atoms with Gasteiger partial charge in [-0.2, -0.15) is 4.31 Å². The summed E-state index contributed by atoms with van der Waals surface area (Å²) < 4.78 is 28.5. The fourth-order valence-electron chi connectivity index (χ4n) is 3.19. The van der Waals surface area contributed by atoms with Crippen LogP contribution in [0.2, 0.25) is 0 Å². The molecule has 0 aliphatic carbocycles.